The lowest BCUT2D eigenvalue weighted by molar-refractivity contribution is 0.0391. The van der Waals surface area contributed by atoms with Crippen LogP contribution in [0.1, 0.15) is 0 Å². The largest absolute Gasteiger partial charge is 0.378 e. The van der Waals surface area contributed by atoms with Crippen LogP contribution in [0, 0.1) is 11.6 Å². The highest BCUT2D eigenvalue weighted by Gasteiger charge is 2.38. The van der Waals surface area contributed by atoms with Gasteiger partial charge in [-0.1, -0.05) is 31.9 Å². The molecule has 4 fully saturated rings. The van der Waals surface area contributed by atoms with Gasteiger partial charge in [0.25, 0.3) is 0 Å². The van der Waals surface area contributed by atoms with Crippen molar-refractivity contribution < 1.29 is 35.1 Å². The molecule has 0 aliphatic carbocycles. The summed E-state index contributed by atoms with van der Waals surface area (Å²) in [5.74, 6) is -0.492. The number of nitrogens with one attached hydrogen (secondary N) is 1. The molecule has 0 unspecified atom stereocenters. The van der Waals surface area contributed by atoms with Gasteiger partial charge in [0.05, 0.1) is 26.4 Å². The molecular formula is C26H33Br2ClF2N4O6S2. The van der Waals surface area contributed by atoms with Crippen molar-refractivity contribution in [2.45, 2.75) is 10.5 Å². The first-order chi connectivity index (χ1) is 20.3. The molecule has 2 aromatic carbocycles. The van der Waals surface area contributed by atoms with Crippen molar-refractivity contribution in [2.75, 3.05) is 88.6 Å². The van der Waals surface area contributed by atoms with Gasteiger partial charge in [-0.2, -0.15) is 4.31 Å². The summed E-state index contributed by atoms with van der Waals surface area (Å²) in [6.45, 7) is 6.87. The van der Waals surface area contributed by atoms with E-state index in [0.29, 0.717) is 43.9 Å². The fourth-order valence-corrected chi connectivity index (χ4v) is 7.90. The van der Waals surface area contributed by atoms with Crippen LogP contribution in [-0.4, -0.2) is 110 Å². The molecule has 6 rings (SSSR count). The zero-order valence-corrected chi connectivity index (χ0v) is 28.7. The second-order valence-electron chi connectivity index (χ2n) is 10.2. The molecule has 17 heteroatoms. The Kier molecular flexibility index (Phi) is 12.5. The van der Waals surface area contributed by atoms with Crippen molar-refractivity contribution in [3.8, 4) is 0 Å². The summed E-state index contributed by atoms with van der Waals surface area (Å²) in [6, 6.07) is 9.72. The van der Waals surface area contributed by atoms with Crippen LogP contribution in [0.5, 0.6) is 0 Å². The van der Waals surface area contributed by atoms with Crippen LogP contribution >= 0.6 is 42.5 Å². The number of rotatable bonds is 5. The Morgan fingerprint density at radius 3 is 1.49 bits per heavy atom. The maximum absolute atomic E-state index is 13.4. The smallest absolute Gasteiger partial charge is 0.240 e. The number of benzene rings is 2. The Bertz CT molecular complexity index is 1420. The van der Waals surface area contributed by atoms with E-state index >= 15 is 0 Å². The van der Waals surface area contributed by atoms with E-state index in [0.717, 1.165) is 42.0 Å². The van der Waals surface area contributed by atoms with Crippen LogP contribution in [-0.2, 0) is 28.5 Å². The molecule has 10 nitrogen and oxygen atoms in total. The molecule has 0 saturated carbocycles. The number of nitrogens with zero attached hydrogens (tertiary/aromatic N) is 3. The molecule has 0 bridgehead atoms. The molecule has 4 saturated heterocycles. The molecule has 1 N–H and O–H groups in total. The van der Waals surface area contributed by atoms with Gasteiger partial charge in [0.1, 0.15) is 22.1 Å². The number of ether oxygens (including phenoxy) is 2. The molecule has 0 amide bonds. The highest BCUT2D eigenvalue weighted by atomic mass is 79.9. The molecule has 240 valence electrons. The first-order valence-corrected chi connectivity index (χ1v) is 19.0. The van der Waals surface area contributed by atoms with E-state index in [4.69, 9.17) is 15.4 Å². The molecule has 0 radical (unpaired) electrons. The van der Waals surface area contributed by atoms with Gasteiger partial charge in [-0.25, -0.2) is 25.6 Å². The predicted molar refractivity (Wildman–Crippen MR) is 170 cm³/mol. The van der Waals surface area contributed by atoms with Gasteiger partial charge in [0, 0.05) is 83.4 Å². The summed E-state index contributed by atoms with van der Waals surface area (Å²) in [6.07, 6.45) is 0. The highest BCUT2D eigenvalue weighted by molar-refractivity contribution is 9.10. The summed E-state index contributed by atoms with van der Waals surface area (Å²) in [5.41, 5.74) is 1.73. The summed E-state index contributed by atoms with van der Waals surface area (Å²) in [5, 5.41) is 2.42. The van der Waals surface area contributed by atoms with Crippen molar-refractivity contribution >= 4 is 73.0 Å². The first-order valence-electron chi connectivity index (χ1n) is 13.5. The lowest BCUT2D eigenvalue weighted by atomic mass is 10.2. The standard InChI is InChI=1S/C13H16BrFN2O3S.C10H12BrFN2.C3H5ClO3S/c14-10-5-11(15)7-12(6-10)16-1-3-17(4-2-16)21(18,19)13-8-20-9-13;11-8-5-9(12)7-10(6-8)14-3-1-13-2-4-14;4-8(5,6)3-1-7-2-3/h5-7,13H,1-4,8-9H2;5-7,13H,1-4H2;3H,1-2H2. The maximum Gasteiger partial charge on any atom is 0.240 e. The van der Waals surface area contributed by atoms with Gasteiger partial charge in [-0.15, -0.1) is 0 Å². The number of anilines is 2. The van der Waals surface area contributed by atoms with Gasteiger partial charge in [0.15, 0.2) is 0 Å². The molecule has 4 aliphatic rings. The number of sulfonamides is 1. The summed E-state index contributed by atoms with van der Waals surface area (Å²) >= 11 is 6.57. The van der Waals surface area contributed by atoms with Gasteiger partial charge < -0.3 is 24.6 Å². The monoisotopic (exact) mass is 792 g/mol. The second-order valence-corrected chi connectivity index (χ2v) is 17.2. The lowest BCUT2D eigenvalue weighted by Gasteiger charge is -2.38. The normalized spacial score (nSPS) is 20.2. The van der Waals surface area contributed by atoms with E-state index in [9.17, 15) is 25.6 Å². The van der Waals surface area contributed by atoms with Gasteiger partial charge in [-0.3, -0.25) is 0 Å². The van der Waals surface area contributed by atoms with Crippen LogP contribution in [0.2, 0.25) is 0 Å². The minimum atomic E-state index is -3.32. The lowest BCUT2D eigenvalue weighted by Crippen LogP contribution is -2.55. The minimum absolute atomic E-state index is 0.187. The van der Waals surface area contributed by atoms with Gasteiger partial charge >= 0.3 is 0 Å². The topological polar surface area (TPSA) is 108 Å². The Balaban J connectivity index is 0.000000165. The molecule has 0 atom stereocenters. The Morgan fingerprint density at radius 1 is 0.698 bits per heavy atom. The molecule has 4 heterocycles. The highest BCUT2D eigenvalue weighted by Crippen LogP contribution is 2.26. The molecular weight excluding hydrogens is 762 g/mol. The number of hydrogen-bond acceptors (Lipinski definition) is 9. The van der Waals surface area contributed by atoms with Crippen LogP contribution < -0.4 is 15.1 Å². The van der Waals surface area contributed by atoms with Gasteiger partial charge in [-0.05, 0) is 36.4 Å². The SMILES string of the molecule is Fc1cc(Br)cc(N2CCNCC2)c1.O=S(=O)(C1COC1)N1CCN(c2cc(F)cc(Br)c2)CC1.O=S(=O)(Cl)C1COC1. The van der Waals surface area contributed by atoms with Crippen LogP contribution in [0.25, 0.3) is 0 Å². The third-order valence-corrected chi connectivity index (χ3v) is 12.1. The Hall–Kier alpha value is -1.11. The molecule has 2 aromatic rings. The predicted octanol–water partition coefficient (Wildman–Crippen LogP) is 3.39. The maximum atomic E-state index is 13.4. The average Bonchev–Trinajstić information content (AvgIpc) is 2.86. The van der Waals surface area contributed by atoms with E-state index in [1.54, 1.807) is 6.07 Å². The van der Waals surface area contributed by atoms with Crippen molar-refractivity contribution in [3.05, 3.63) is 57.0 Å². The second kappa shape index (κ2) is 15.5. The van der Waals surface area contributed by atoms with Crippen molar-refractivity contribution in [2.24, 2.45) is 0 Å². The Morgan fingerprint density at radius 2 is 1.14 bits per heavy atom. The van der Waals surface area contributed by atoms with E-state index in [2.05, 4.69) is 46.8 Å². The van der Waals surface area contributed by atoms with Crippen molar-refractivity contribution in [1.29, 1.82) is 0 Å². The summed E-state index contributed by atoms with van der Waals surface area (Å²) in [4.78, 5) is 4.18. The number of halogens is 5. The fraction of sp³-hybridized carbons (Fsp3) is 0.538. The van der Waals surface area contributed by atoms with E-state index < -0.39 is 29.6 Å². The number of piperazine rings is 2. The Labute approximate surface area is 272 Å². The van der Waals surface area contributed by atoms with Crippen LogP contribution in [0.3, 0.4) is 0 Å². The fourth-order valence-electron chi connectivity index (χ4n) is 4.54. The van der Waals surface area contributed by atoms with Crippen LogP contribution in [0.4, 0.5) is 20.2 Å². The van der Waals surface area contributed by atoms with Crippen LogP contribution in [0.15, 0.2) is 45.3 Å². The third kappa shape index (κ3) is 9.94. The van der Waals surface area contributed by atoms with Gasteiger partial charge in [0.2, 0.25) is 19.1 Å². The van der Waals surface area contributed by atoms with E-state index in [-0.39, 0.29) is 24.8 Å². The summed E-state index contributed by atoms with van der Waals surface area (Å²) < 4.78 is 84.3. The quantitative estimate of drug-likeness (QED) is 0.457. The van der Waals surface area contributed by atoms with Crippen molar-refractivity contribution in [3.63, 3.8) is 0 Å². The molecule has 4 aliphatic heterocycles. The molecule has 43 heavy (non-hydrogen) atoms. The van der Waals surface area contributed by atoms with Crippen molar-refractivity contribution in [1.82, 2.24) is 9.62 Å². The number of hydrogen-bond donors (Lipinski definition) is 1. The molecule has 0 spiro atoms. The minimum Gasteiger partial charge on any atom is -0.378 e. The van der Waals surface area contributed by atoms with E-state index in [1.165, 1.54) is 22.5 Å². The zero-order valence-electron chi connectivity index (χ0n) is 23.1. The third-order valence-electron chi connectivity index (χ3n) is 7.17. The summed E-state index contributed by atoms with van der Waals surface area (Å²) in [7, 11) is -1.64. The zero-order chi connectivity index (χ0) is 31.2. The first kappa shape index (κ1) is 34.8. The van der Waals surface area contributed by atoms with E-state index in [1.807, 2.05) is 17.0 Å². The molecule has 0 aromatic heterocycles. The average molecular weight is 795 g/mol.